The minimum atomic E-state index is -1.72. The van der Waals surface area contributed by atoms with Crippen molar-refractivity contribution < 1.29 is 28.9 Å². The summed E-state index contributed by atoms with van der Waals surface area (Å²) >= 11 is 0. The number of aliphatic hydroxyl groups is 1. The number of benzene rings is 3. The lowest BCUT2D eigenvalue weighted by Gasteiger charge is -2.33. The summed E-state index contributed by atoms with van der Waals surface area (Å²) in [5.41, 5.74) is 7.92. The quantitative estimate of drug-likeness (QED) is 0.356. The molecule has 0 aliphatic heterocycles. The zero-order valence-corrected chi connectivity index (χ0v) is 18.7. The van der Waals surface area contributed by atoms with E-state index in [1.165, 1.54) is 0 Å². The maximum absolute atomic E-state index is 12.1. The van der Waals surface area contributed by atoms with Crippen molar-refractivity contribution in [3.63, 3.8) is 0 Å². The van der Waals surface area contributed by atoms with Crippen LogP contribution in [0, 0.1) is 0 Å². The largest absolute Gasteiger partial charge is 0.380 e. The smallest absolute Gasteiger partial charge is 0.249 e. The average Bonchev–Trinajstić information content (AvgIpc) is 2.88. The van der Waals surface area contributed by atoms with Gasteiger partial charge in [0.25, 0.3) is 0 Å². The van der Waals surface area contributed by atoms with Crippen LogP contribution in [0.25, 0.3) is 0 Å². The van der Waals surface area contributed by atoms with Gasteiger partial charge in [0.2, 0.25) is 5.91 Å². The molecule has 0 aromatic heterocycles. The van der Waals surface area contributed by atoms with Crippen LogP contribution in [0.1, 0.15) is 16.7 Å². The summed E-state index contributed by atoms with van der Waals surface area (Å²) in [6.45, 7) is 0.319. The van der Waals surface area contributed by atoms with Crippen LogP contribution >= 0.6 is 0 Å². The molecule has 7 heteroatoms. The third kappa shape index (κ3) is 7.60. The van der Waals surface area contributed by atoms with Crippen LogP contribution in [0.15, 0.2) is 91.0 Å². The fourth-order valence-corrected chi connectivity index (χ4v) is 3.42. The maximum Gasteiger partial charge on any atom is 0.249 e. The molecule has 0 aliphatic rings. The Bertz CT molecular complexity index is 999. The van der Waals surface area contributed by atoms with Crippen molar-refractivity contribution in [1.82, 2.24) is 0 Å². The lowest BCUT2D eigenvalue weighted by molar-refractivity contribution is -0.182. The molecule has 0 saturated heterocycles. The fourth-order valence-electron chi connectivity index (χ4n) is 3.42. The molecule has 3 rings (SSSR count). The lowest BCUT2D eigenvalue weighted by atomic mass is 10.0. The standard InChI is InChI=1S/C27H29NO6/c28-27(31)24(30)26(34-19-22-14-8-3-9-15-22)25(33-18-21-12-6-2-7-13-21)23(16-29)32-17-20-10-4-1-5-11-20/h1-16,23-26,30H,17-19H2,(H2,28,31)/t23-,24+,25+,26+/m0/s1. The number of nitrogens with two attached hydrogens (primary N) is 1. The van der Waals surface area contributed by atoms with Gasteiger partial charge in [0.05, 0.1) is 19.8 Å². The Hall–Kier alpha value is -3.36. The summed E-state index contributed by atoms with van der Waals surface area (Å²) in [4.78, 5) is 24.0. The number of hydrogen-bond donors (Lipinski definition) is 2. The molecular formula is C27H29NO6. The van der Waals surface area contributed by atoms with Gasteiger partial charge < -0.3 is 29.8 Å². The predicted octanol–water partition coefficient (Wildman–Crippen LogP) is 2.79. The molecule has 0 aliphatic carbocycles. The number of aldehydes is 1. The van der Waals surface area contributed by atoms with E-state index in [0.717, 1.165) is 16.7 Å². The molecule has 0 fully saturated rings. The summed E-state index contributed by atoms with van der Waals surface area (Å²) < 4.78 is 17.8. The predicted molar refractivity (Wildman–Crippen MR) is 126 cm³/mol. The van der Waals surface area contributed by atoms with Crippen LogP contribution in [0.5, 0.6) is 0 Å². The summed E-state index contributed by atoms with van der Waals surface area (Å²) in [6, 6.07) is 27.9. The Morgan fingerprint density at radius 2 is 1.09 bits per heavy atom. The van der Waals surface area contributed by atoms with Crippen LogP contribution in [0.2, 0.25) is 0 Å². The highest BCUT2D eigenvalue weighted by Gasteiger charge is 2.39. The Morgan fingerprint density at radius 3 is 1.47 bits per heavy atom. The second kappa shape index (κ2) is 13.4. The zero-order valence-electron chi connectivity index (χ0n) is 18.7. The molecule has 7 nitrogen and oxygen atoms in total. The number of carbonyl (C=O) groups is 2. The number of ether oxygens (including phenoxy) is 3. The van der Waals surface area contributed by atoms with Gasteiger partial charge in [-0.15, -0.1) is 0 Å². The summed E-state index contributed by atoms with van der Waals surface area (Å²) in [6.07, 6.45) is -4.60. The highest BCUT2D eigenvalue weighted by molar-refractivity contribution is 5.79. The van der Waals surface area contributed by atoms with Crippen molar-refractivity contribution in [3.05, 3.63) is 108 Å². The maximum atomic E-state index is 12.1. The molecule has 3 aromatic rings. The van der Waals surface area contributed by atoms with Crippen LogP contribution in [-0.4, -0.2) is 41.7 Å². The fraction of sp³-hybridized carbons (Fsp3) is 0.259. The minimum Gasteiger partial charge on any atom is -0.380 e. The highest BCUT2D eigenvalue weighted by atomic mass is 16.6. The molecule has 3 N–H and O–H groups in total. The van der Waals surface area contributed by atoms with E-state index in [0.29, 0.717) is 6.29 Å². The Morgan fingerprint density at radius 1 is 0.706 bits per heavy atom. The molecule has 34 heavy (non-hydrogen) atoms. The first-order valence-corrected chi connectivity index (χ1v) is 11.0. The van der Waals surface area contributed by atoms with Crippen LogP contribution in [0.4, 0.5) is 0 Å². The van der Waals surface area contributed by atoms with Crippen LogP contribution in [0.3, 0.4) is 0 Å². The van der Waals surface area contributed by atoms with Crippen molar-refractivity contribution >= 4 is 12.2 Å². The van der Waals surface area contributed by atoms with Crippen molar-refractivity contribution in [3.8, 4) is 0 Å². The number of aliphatic hydroxyl groups excluding tert-OH is 1. The first-order valence-electron chi connectivity index (χ1n) is 11.0. The number of carbonyl (C=O) groups excluding carboxylic acids is 2. The molecule has 0 heterocycles. The third-order valence-corrected chi connectivity index (χ3v) is 5.24. The third-order valence-electron chi connectivity index (χ3n) is 5.24. The SMILES string of the molecule is NC(=O)[C@H](O)[C@@H](OCc1ccccc1)[C@H](OCc1ccccc1)[C@H](C=O)OCc1ccccc1. The lowest BCUT2D eigenvalue weighted by Crippen LogP contribution is -2.53. The second-order valence-corrected chi connectivity index (χ2v) is 7.77. The van der Waals surface area contributed by atoms with Gasteiger partial charge in [-0.05, 0) is 16.7 Å². The van der Waals surface area contributed by atoms with E-state index in [1.54, 1.807) is 0 Å². The van der Waals surface area contributed by atoms with Gasteiger partial charge in [-0.1, -0.05) is 91.0 Å². The summed E-state index contributed by atoms with van der Waals surface area (Å²) in [5, 5.41) is 10.6. The molecule has 0 saturated carbocycles. The number of primary amides is 1. The van der Waals surface area contributed by atoms with Gasteiger partial charge in [0.1, 0.15) is 18.3 Å². The number of hydrogen-bond acceptors (Lipinski definition) is 6. The highest BCUT2D eigenvalue weighted by Crippen LogP contribution is 2.20. The number of amides is 1. The second-order valence-electron chi connectivity index (χ2n) is 7.77. The van der Waals surface area contributed by atoms with Crippen molar-refractivity contribution in [2.75, 3.05) is 0 Å². The van der Waals surface area contributed by atoms with E-state index in [9.17, 15) is 14.7 Å². The molecule has 3 aromatic carbocycles. The zero-order chi connectivity index (χ0) is 24.2. The monoisotopic (exact) mass is 463 g/mol. The minimum absolute atomic E-state index is 0.0747. The van der Waals surface area contributed by atoms with Gasteiger partial charge in [0.15, 0.2) is 12.4 Å². The molecule has 178 valence electrons. The molecule has 1 amide bonds. The van der Waals surface area contributed by atoms with E-state index >= 15 is 0 Å². The topological polar surface area (TPSA) is 108 Å². The van der Waals surface area contributed by atoms with Gasteiger partial charge in [0, 0.05) is 0 Å². The Kier molecular flexibility index (Phi) is 9.94. The Balaban J connectivity index is 1.83. The van der Waals surface area contributed by atoms with E-state index in [4.69, 9.17) is 19.9 Å². The van der Waals surface area contributed by atoms with Gasteiger partial charge in [-0.3, -0.25) is 4.79 Å². The average molecular weight is 464 g/mol. The van der Waals surface area contributed by atoms with E-state index in [1.807, 2.05) is 91.0 Å². The Labute approximate surface area is 199 Å². The van der Waals surface area contributed by atoms with Gasteiger partial charge in [-0.2, -0.15) is 0 Å². The molecule has 0 unspecified atom stereocenters. The normalized spacial score (nSPS) is 14.6. The van der Waals surface area contributed by atoms with Gasteiger partial charge >= 0.3 is 0 Å². The first kappa shape index (κ1) is 25.3. The molecule has 0 spiro atoms. The van der Waals surface area contributed by atoms with E-state index in [2.05, 4.69) is 0 Å². The summed E-state index contributed by atoms with van der Waals surface area (Å²) in [7, 11) is 0. The van der Waals surface area contributed by atoms with Crippen molar-refractivity contribution in [2.24, 2.45) is 5.73 Å². The van der Waals surface area contributed by atoms with E-state index in [-0.39, 0.29) is 19.8 Å². The van der Waals surface area contributed by atoms with Crippen molar-refractivity contribution in [1.29, 1.82) is 0 Å². The number of rotatable bonds is 14. The van der Waals surface area contributed by atoms with Crippen molar-refractivity contribution in [2.45, 2.75) is 44.2 Å². The van der Waals surface area contributed by atoms with E-state index < -0.39 is 30.3 Å². The van der Waals surface area contributed by atoms with Crippen LogP contribution < -0.4 is 5.73 Å². The first-order chi connectivity index (χ1) is 16.6. The van der Waals surface area contributed by atoms with Gasteiger partial charge in [-0.25, -0.2) is 0 Å². The molecule has 0 radical (unpaired) electrons. The van der Waals surface area contributed by atoms with Crippen LogP contribution in [-0.2, 0) is 43.6 Å². The summed E-state index contributed by atoms with van der Waals surface area (Å²) in [5.74, 6) is -0.987. The molecular weight excluding hydrogens is 434 g/mol. The molecule has 0 bridgehead atoms. The molecule has 4 atom stereocenters.